The summed E-state index contributed by atoms with van der Waals surface area (Å²) >= 11 is 9.25. The molecule has 0 bridgehead atoms. The predicted octanol–water partition coefficient (Wildman–Crippen LogP) is 4.04. The number of alkyl halides is 1. The Labute approximate surface area is 115 Å². The van der Waals surface area contributed by atoms with Crippen LogP contribution in [0.3, 0.4) is 0 Å². The lowest BCUT2D eigenvalue weighted by molar-refractivity contribution is 0.203. The van der Waals surface area contributed by atoms with Crippen molar-refractivity contribution in [2.45, 2.75) is 24.8 Å². The van der Waals surface area contributed by atoms with Gasteiger partial charge in [-0.15, -0.1) is 11.6 Å². The van der Waals surface area contributed by atoms with E-state index in [-0.39, 0.29) is 5.82 Å². The molecule has 0 amide bonds. The van der Waals surface area contributed by atoms with E-state index in [1.807, 2.05) is 6.07 Å². The Balaban J connectivity index is 1.89. The van der Waals surface area contributed by atoms with E-state index in [4.69, 9.17) is 11.6 Å². The van der Waals surface area contributed by atoms with Crippen LogP contribution < -0.4 is 0 Å². The molecule has 1 nitrogen and oxygen atoms in total. The van der Waals surface area contributed by atoms with Gasteiger partial charge >= 0.3 is 0 Å². The second-order valence-corrected chi connectivity index (χ2v) is 6.25. The summed E-state index contributed by atoms with van der Waals surface area (Å²) in [7, 11) is 2.07. The summed E-state index contributed by atoms with van der Waals surface area (Å²) in [5, 5.41) is 0.370. The Hall–Kier alpha value is -0.120. The standard InChI is InChI=1S/C13H16BrClFN/c1-17(7-9-5-11(15)6-9)8-10-3-2-4-12(16)13(10)14/h2-4,9,11H,5-8H2,1H3. The van der Waals surface area contributed by atoms with Gasteiger partial charge in [-0.3, -0.25) is 0 Å². The third-order valence-electron chi connectivity index (χ3n) is 3.22. The minimum Gasteiger partial charge on any atom is -0.302 e. The molecule has 94 valence electrons. The van der Waals surface area contributed by atoms with E-state index in [9.17, 15) is 4.39 Å². The number of hydrogen-bond donors (Lipinski definition) is 0. The van der Waals surface area contributed by atoms with Crippen LogP contribution in [-0.4, -0.2) is 23.9 Å². The summed E-state index contributed by atoms with van der Waals surface area (Å²) in [4.78, 5) is 2.23. The van der Waals surface area contributed by atoms with Gasteiger partial charge in [-0.1, -0.05) is 12.1 Å². The molecule has 1 aromatic carbocycles. The van der Waals surface area contributed by atoms with Gasteiger partial charge < -0.3 is 4.90 Å². The first-order valence-corrected chi connectivity index (χ1v) is 7.04. The number of hydrogen-bond acceptors (Lipinski definition) is 1. The van der Waals surface area contributed by atoms with E-state index in [2.05, 4.69) is 27.9 Å². The molecule has 0 N–H and O–H groups in total. The Morgan fingerprint density at radius 3 is 2.82 bits per heavy atom. The third kappa shape index (κ3) is 3.43. The van der Waals surface area contributed by atoms with Crippen LogP contribution in [0.25, 0.3) is 0 Å². The number of nitrogens with zero attached hydrogens (tertiary/aromatic N) is 1. The summed E-state index contributed by atoms with van der Waals surface area (Å²) in [6.45, 7) is 1.80. The average Bonchev–Trinajstić information content (AvgIpc) is 2.23. The lowest BCUT2D eigenvalue weighted by Gasteiger charge is -2.34. The molecule has 2 rings (SSSR count). The molecule has 1 aromatic rings. The van der Waals surface area contributed by atoms with Gasteiger partial charge in [-0.2, -0.15) is 0 Å². The lowest BCUT2D eigenvalue weighted by atomic mass is 9.84. The van der Waals surface area contributed by atoms with Crippen molar-refractivity contribution in [2.24, 2.45) is 5.92 Å². The maximum Gasteiger partial charge on any atom is 0.137 e. The van der Waals surface area contributed by atoms with Gasteiger partial charge in [0.25, 0.3) is 0 Å². The van der Waals surface area contributed by atoms with Crippen LogP contribution >= 0.6 is 27.5 Å². The Kier molecular flexibility index (Phi) is 4.45. The highest BCUT2D eigenvalue weighted by Crippen LogP contribution is 2.32. The SMILES string of the molecule is CN(Cc1cccc(F)c1Br)CC1CC(Cl)C1. The minimum absolute atomic E-state index is 0.194. The second kappa shape index (κ2) is 5.68. The van der Waals surface area contributed by atoms with Crippen LogP contribution in [0.15, 0.2) is 22.7 Å². The van der Waals surface area contributed by atoms with Gasteiger partial charge in [0.2, 0.25) is 0 Å². The van der Waals surface area contributed by atoms with Gasteiger partial charge in [-0.25, -0.2) is 4.39 Å². The molecule has 1 aliphatic rings. The zero-order valence-corrected chi connectivity index (χ0v) is 12.1. The number of benzene rings is 1. The van der Waals surface area contributed by atoms with Gasteiger partial charge in [0.15, 0.2) is 0 Å². The topological polar surface area (TPSA) is 3.24 Å². The molecule has 0 aliphatic heterocycles. The molecule has 1 aliphatic carbocycles. The van der Waals surface area contributed by atoms with E-state index < -0.39 is 0 Å². The van der Waals surface area contributed by atoms with E-state index in [1.54, 1.807) is 6.07 Å². The van der Waals surface area contributed by atoms with Crippen LogP contribution in [0.2, 0.25) is 0 Å². The van der Waals surface area contributed by atoms with Crippen molar-refractivity contribution >= 4 is 27.5 Å². The normalized spacial score (nSPS) is 23.8. The van der Waals surface area contributed by atoms with Crippen LogP contribution in [0.4, 0.5) is 4.39 Å². The molecule has 17 heavy (non-hydrogen) atoms. The molecule has 0 heterocycles. The first-order valence-electron chi connectivity index (χ1n) is 5.81. The van der Waals surface area contributed by atoms with Crippen molar-refractivity contribution in [3.05, 3.63) is 34.1 Å². The van der Waals surface area contributed by atoms with Crippen molar-refractivity contribution in [1.29, 1.82) is 0 Å². The van der Waals surface area contributed by atoms with Crippen molar-refractivity contribution in [1.82, 2.24) is 4.90 Å². The molecule has 4 heteroatoms. The van der Waals surface area contributed by atoms with Gasteiger partial charge in [0.05, 0.1) is 4.47 Å². The van der Waals surface area contributed by atoms with Gasteiger partial charge in [0, 0.05) is 18.5 Å². The Morgan fingerprint density at radius 2 is 2.18 bits per heavy atom. The van der Waals surface area contributed by atoms with Crippen molar-refractivity contribution in [2.75, 3.05) is 13.6 Å². The largest absolute Gasteiger partial charge is 0.302 e. The third-order valence-corrected chi connectivity index (χ3v) is 4.46. The van der Waals surface area contributed by atoms with Crippen LogP contribution in [-0.2, 0) is 6.54 Å². The van der Waals surface area contributed by atoms with Crippen LogP contribution in [0, 0.1) is 11.7 Å². The number of halogens is 3. The zero-order chi connectivity index (χ0) is 12.4. The van der Waals surface area contributed by atoms with Crippen molar-refractivity contribution in [3.63, 3.8) is 0 Å². The Morgan fingerprint density at radius 1 is 1.47 bits per heavy atom. The van der Waals surface area contributed by atoms with E-state index in [0.29, 0.717) is 15.8 Å². The van der Waals surface area contributed by atoms with Crippen molar-refractivity contribution in [3.8, 4) is 0 Å². The number of rotatable bonds is 4. The molecule has 1 fully saturated rings. The molecule has 0 radical (unpaired) electrons. The highest BCUT2D eigenvalue weighted by Gasteiger charge is 2.27. The summed E-state index contributed by atoms with van der Waals surface area (Å²) in [6.07, 6.45) is 2.21. The monoisotopic (exact) mass is 319 g/mol. The van der Waals surface area contributed by atoms with Crippen LogP contribution in [0.1, 0.15) is 18.4 Å². The molecule has 1 saturated carbocycles. The summed E-state index contributed by atoms with van der Waals surface area (Å²) in [5.41, 5.74) is 0.995. The fourth-order valence-corrected chi connectivity index (χ4v) is 3.16. The van der Waals surface area contributed by atoms with Crippen molar-refractivity contribution < 1.29 is 4.39 Å². The quantitative estimate of drug-likeness (QED) is 0.757. The molecular weight excluding hydrogens is 305 g/mol. The first kappa shape index (κ1) is 13.3. The highest BCUT2D eigenvalue weighted by atomic mass is 79.9. The lowest BCUT2D eigenvalue weighted by Crippen LogP contribution is -2.34. The van der Waals surface area contributed by atoms with E-state index in [1.165, 1.54) is 6.07 Å². The Bertz CT molecular complexity index is 393. The average molecular weight is 321 g/mol. The fourth-order valence-electron chi connectivity index (χ4n) is 2.27. The minimum atomic E-state index is -0.194. The van der Waals surface area contributed by atoms with E-state index >= 15 is 0 Å². The molecule has 0 unspecified atom stereocenters. The molecule has 0 aromatic heterocycles. The predicted molar refractivity (Wildman–Crippen MR) is 72.8 cm³/mol. The molecule has 0 saturated heterocycles. The van der Waals surface area contributed by atoms with E-state index in [0.717, 1.165) is 31.5 Å². The first-order chi connectivity index (χ1) is 8.06. The summed E-state index contributed by atoms with van der Waals surface area (Å²) in [6, 6.07) is 5.17. The highest BCUT2D eigenvalue weighted by molar-refractivity contribution is 9.10. The summed E-state index contributed by atoms with van der Waals surface area (Å²) < 4.78 is 13.9. The maximum absolute atomic E-state index is 13.3. The van der Waals surface area contributed by atoms with Crippen LogP contribution in [0.5, 0.6) is 0 Å². The maximum atomic E-state index is 13.3. The molecule has 0 spiro atoms. The van der Waals surface area contributed by atoms with Gasteiger partial charge in [0.1, 0.15) is 5.82 Å². The fraction of sp³-hybridized carbons (Fsp3) is 0.538. The zero-order valence-electron chi connectivity index (χ0n) is 9.80. The van der Waals surface area contributed by atoms with Gasteiger partial charge in [-0.05, 0) is 53.4 Å². The smallest absolute Gasteiger partial charge is 0.137 e. The second-order valence-electron chi connectivity index (χ2n) is 4.84. The molecule has 0 atom stereocenters. The molecular formula is C13H16BrClFN. The summed E-state index contributed by atoms with van der Waals surface area (Å²) in [5.74, 6) is 0.509.